The Balaban J connectivity index is 2.52. The highest BCUT2D eigenvalue weighted by molar-refractivity contribution is 9.11. The highest BCUT2D eigenvalue weighted by atomic mass is 79.9. The predicted octanol–water partition coefficient (Wildman–Crippen LogP) is 5.28. The molecule has 0 aliphatic heterocycles. The van der Waals surface area contributed by atoms with Crippen molar-refractivity contribution in [3.05, 3.63) is 26.6 Å². The van der Waals surface area contributed by atoms with Crippen LogP contribution in [0.4, 0.5) is 0 Å². The second kappa shape index (κ2) is 9.78. The normalized spacial score (nSPS) is 10.7. The van der Waals surface area contributed by atoms with E-state index in [0.717, 1.165) is 40.8 Å². The molecule has 0 aliphatic rings. The molecule has 0 aliphatic carbocycles. The lowest BCUT2D eigenvalue weighted by Crippen LogP contribution is -2.14. The summed E-state index contributed by atoms with van der Waals surface area (Å²) in [7, 11) is 0. The average Bonchev–Trinajstić information content (AvgIpc) is 2.38. The van der Waals surface area contributed by atoms with Gasteiger partial charge in [-0.3, -0.25) is 0 Å². The Bertz CT molecular complexity index is 359. The molecule has 0 saturated heterocycles. The lowest BCUT2D eigenvalue weighted by molar-refractivity contribution is 0.313. The van der Waals surface area contributed by atoms with Gasteiger partial charge in [-0.25, -0.2) is 0 Å². The van der Waals surface area contributed by atoms with Gasteiger partial charge in [-0.1, -0.05) is 26.7 Å². The van der Waals surface area contributed by atoms with Gasteiger partial charge in [0.1, 0.15) is 5.75 Å². The van der Waals surface area contributed by atoms with Crippen molar-refractivity contribution in [2.45, 2.75) is 46.1 Å². The van der Waals surface area contributed by atoms with Gasteiger partial charge in [0, 0.05) is 6.54 Å². The van der Waals surface area contributed by atoms with Crippen molar-refractivity contribution >= 4 is 31.9 Å². The Morgan fingerprint density at radius 3 is 2.32 bits per heavy atom. The molecule has 0 unspecified atom stereocenters. The van der Waals surface area contributed by atoms with Gasteiger partial charge in [0.15, 0.2) is 0 Å². The Labute approximate surface area is 133 Å². The summed E-state index contributed by atoms with van der Waals surface area (Å²) in [5, 5.41) is 3.47. The molecule has 0 atom stereocenters. The molecular formula is C15H23Br2NO. The molecule has 0 radical (unpaired) electrons. The fourth-order valence-corrected chi connectivity index (χ4v) is 3.30. The maximum atomic E-state index is 5.72. The lowest BCUT2D eigenvalue weighted by atomic mass is 10.2. The van der Waals surface area contributed by atoms with Crippen LogP contribution in [0, 0.1) is 0 Å². The second-order valence-electron chi connectivity index (χ2n) is 4.62. The molecular weight excluding hydrogens is 370 g/mol. The number of hydrogen-bond donors (Lipinski definition) is 1. The first-order valence-electron chi connectivity index (χ1n) is 7.00. The fourth-order valence-electron chi connectivity index (χ4n) is 1.79. The quantitative estimate of drug-likeness (QED) is 0.577. The van der Waals surface area contributed by atoms with E-state index in [9.17, 15) is 0 Å². The van der Waals surface area contributed by atoms with Crippen molar-refractivity contribution < 1.29 is 4.74 Å². The summed E-state index contributed by atoms with van der Waals surface area (Å²) in [5.74, 6) is 0.900. The lowest BCUT2D eigenvalue weighted by Gasteiger charge is -2.12. The van der Waals surface area contributed by atoms with Crippen molar-refractivity contribution in [2.75, 3.05) is 13.2 Å². The summed E-state index contributed by atoms with van der Waals surface area (Å²) < 4.78 is 7.74. The van der Waals surface area contributed by atoms with E-state index < -0.39 is 0 Å². The predicted molar refractivity (Wildman–Crippen MR) is 88.9 cm³/mol. The van der Waals surface area contributed by atoms with Gasteiger partial charge in [0.2, 0.25) is 0 Å². The van der Waals surface area contributed by atoms with E-state index in [4.69, 9.17) is 4.74 Å². The van der Waals surface area contributed by atoms with E-state index in [0.29, 0.717) is 0 Å². The zero-order chi connectivity index (χ0) is 14.1. The maximum absolute atomic E-state index is 5.72. The number of rotatable bonds is 9. The van der Waals surface area contributed by atoms with Crippen LogP contribution in [0.25, 0.3) is 0 Å². The van der Waals surface area contributed by atoms with Gasteiger partial charge in [0.25, 0.3) is 0 Å². The molecule has 0 saturated carbocycles. The van der Waals surface area contributed by atoms with Crippen LogP contribution in [0.15, 0.2) is 21.1 Å². The average molecular weight is 393 g/mol. The molecule has 1 rings (SSSR count). The minimum absolute atomic E-state index is 0.742. The fraction of sp³-hybridized carbons (Fsp3) is 0.600. The van der Waals surface area contributed by atoms with Gasteiger partial charge in [0.05, 0.1) is 15.6 Å². The Morgan fingerprint density at radius 2 is 1.74 bits per heavy atom. The van der Waals surface area contributed by atoms with E-state index in [1.54, 1.807) is 0 Å². The second-order valence-corrected chi connectivity index (χ2v) is 6.33. The Kier molecular flexibility index (Phi) is 8.75. The van der Waals surface area contributed by atoms with Gasteiger partial charge < -0.3 is 10.1 Å². The molecule has 0 bridgehead atoms. The standard InChI is InChI=1S/C15H23Br2NO/c1-3-5-6-7-18-11-12-9-13(16)15(14(17)10-12)19-8-4-2/h9-10,18H,3-8,11H2,1-2H3. The summed E-state index contributed by atoms with van der Waals surface area (Å²) in [6, 6.07) is 4.26. The number of ether oxygens (including phenoxy) is 1. The number of unbranched alkanes of at least 4 members (excludes halogenated alkanes) is 2. The molecule has 0 aromatic heterocycles. The highest BCUT2D eigenvalue weighted by Gasteiger charge is 2.08. The van der Waals surface area contributed by atoms with Crippen LogP contribution >= 0.6 is 31.9 Å². The Hall–Kier alpha value is -0.0600. The van der Waals surface area contributed by atoms with E-state index in [1.807, 2.05) is 0 Å². The summed E-state index contributed by atoms with van der Waals surface area (Å²) in [4.78, 5) is 0. The number of benzene rings is 1. The molecule has 4 heteroatoms. The van der Waals surface area contributed by atoms with Crippen molar-refractivity contribution in [3.8, 4) is 5.75 Å². The Morgan fingerprint density at radius 1 is 1.05 bits per heavy atom. The molecule has 0 amide bonds. The van der Waals surface area contributed by atoms with Crippen molar-refractivity contribution in [2.24, 2.45) is 0 Å². The zero-order valence-electron chi connectivity index (χ0n) is 11.8. The summed E-state index contributed by atoms with van der Waals surface area (Å²) in [6.45, 7) is 7.05. The van der Waals surface area contributed by atoms with E-state index >= 15 is 0 Å². The van der Waals surface area contributed by atoms with Crippen LogP contribution in [0.3, 0.4) is 0 Å². The minimum Gasteiger partial charge on any atom is -0.491 e. The largest absolute Gasteiger partial charge is 0.491 e. The molecule has 0 fully saturated rings. The van der Waals surface area contributed by atoms with Gasteiger partial charge >= 0.3 is 0 Å². The first-order valence-corrected chi connectivity index (χ1v) is 8.59. The molecule has 1 aromatic rings. The molecule has 0 heterocycles. The molecule has 108 valence electrons. The smallest absolute Gasteiger partial charge is 0.147 e. The van der Waals surface area contributed by atoms with Crippen LogP contribution < -0.4 is 10.1 Å². The third-order valence-corrected chi connectivity index (χ3v) is 3.97. The zero-order valence-corrected chi connectivity index (χ0v) is 14.9. The third kappa shape index (κ3) is 6.28. The van der Waals surface area contributed by atoms with Gasteiger partial charge in [-0.15, -0.1) is 0 Å². The summed E-state index contributed by atoms with van der Waals surface area (Å²) in [6.07, 6.45) is 4.82. The van der Waals surface area contributed by atoms with Crippen molar-refractivity contribution in [1.29, 1.82) is 0 Å². The number of hydrogen-bond acceptors (Lipinski definition) is 2. The number of halogens is 2. The van der Waals surface area contributed by atoms with Gasteiger partial charge in [-0.05, 0) is 68.9 Å². The van der Waals surface area contributed by atoms with Crippen molar-refractivity contribution in [1.82, 2.24) is 5.32 Å². The minimum atomic E-state index is 0.742. The van der Waals surface area contributed by atoms with Crippen LogP contribution in [-0.4, -0.2) is 13.2 Å². The SMILES string of the molecule is CCCCCNCc1cc(Br)c(OCCC)c(Br)c1. The molecule has 19 heavy (non-hydrogen) atoms. The molecule has 1 aromatic carbocycles. The summed E-state index contributed by atoms with van der Waals surface area (Å²) in [5.41, 5.74) is 1.26. The van der Waals surface area contributed by atoms with Crippen LogP contribution in [0.1, 0.15) is 45.1 Å². The maximum Gasteiger partial charge on any atom is 0.147 e. The first kappa shape index (κ1) is 17.0. The van der Waals surface area contributed by atoms with Crippen LogP contribution in [0.5, 0.6) is 5.75 Å². The van der Waals surface area contributed by atoms with Crippen LogP contribution in [0.2, 0.25) is 0 Å². The van der Waals surface area contributed by atoms with E-state index in [-0.39, 0.29) is 0 Å². The molecule has 0 spiro atoms. The monoisotopic (exact) mass is 391 g/mol. The van der Waals surface area contributed by atoms with Crippen LogP contribution in [-0.2, 0) is 6.54 Å². The molecule has 2 nitrogen and oxygen atoms in total. The summed E-state index contributed by atoms with van der Waals surface area (Å²) >= 11 is 7.16. The van der Waals surface area contributed by atoms with Gasteiger partial charge in [-0.2, -0.15) is 0 Å². The topological polar surface area (TPSA) is 21.3 Å². The van der Waals surface area contributed by atoms with E-state index in [1.165, 1.54) is 24.8 Å². The highest BCUT2D eigenvalue weighted by Crippen LogP contribution is 2.34. The van der Waals surface area contributed by atoms with E-state index in [2.05, 4.69) is 63.2 Å². The molecule has 1 N–H and O–H groups in total. The van der Waals surface area contributed by atoms with Crippen molar-refractivity contribution in [3.63, 3.8) is 0 Å². The number of nitrogens with one attached hydrogen (secondary N) is 1. The first-order chi connectivity index (χ1) is 9.19. The third-order valence-electron chi connectivity index (χ3n) is 2.79.